The average molecular weight is 529 g/mol. The Bertz CT molecular complexity index is 1120. The minimum Gasteiger partial charge on any atom is -0.379 e. The lowest BCUT2D eigenvalue weighted by Gasteiger charge is -2.24. The molecule has 2 aromatic carbocycles. The van der Waals surface area contributed by atoms with E-state index < -0.39 is 10.1 Å². The molecular weight excluding hydrogens is 484 g/mol. The van der Waals surface area contributed by atoms with Crippen molar-refractivity contribution in [1.82, 2.24) is 0 Å². The van der Waals surface area contributed by atoms with Crippen LogP contribution in [0.5, 0.6) is 5.75 Å². The lowest BCUT2D eigenvalue weighted by Crippen LogP contribution is -2.17. The first kappa shape index (κ1) is 27.6. The molecule has 2 fully saturated rings. The van der Waals surface area contributed by atoms with Gasteiger partial charge in [-0.15, -0.1) is 12.6 Å². The number of hydrogen-bond acceptors (Lipinski definition) is 4. The molecule has 0 saturated heterocycles. The third-order valence-corrected chi connectivity index (χ3v) is 10.2. The molecule has 2 aromatic rings. The van der Waals surface area contributed by atoms with Gasteiger partial charge in [0, 0.05) is 4.90 Å². The highest BCUT2D eigenvalue weighted by Gasteiger charge is 2.31. The van der Waals surface area contributed by atoms with Gasteiger partial charge in [0.2, 0.25) is 0 Å². The summed E-state index contributed by atoms with van der Waals surface area (Å²) >= 11 is 5.00. The molecule has 5 heteroatoms. The van der Waals surface area contributed by atoms with E-state index in [-0.39, 0.29) is 11.8 Å². The van der Waals surface area contributed by atoms with Crippen molar-refractivity contribution < 1.29 is 12.6 Å². The smallest absolute Gasteiger partial charge is 0.339 e. The zero-order chi connectivity index (χ0) is 26.2. The van der Waals surface area contributed by atoms with Gasteiger partial charge in [0.25, 0.3) is 0 Å². The molecule has 0 N–H and O–H groups in total. The van der Waals surface area contributed by atoms with Crippen molar-refractivity contribution in [2.45, 2.75) is 132 Å². The highest BCUT2D eigenvalue weighted by Crippen LogP contribution is 2.46. The van der Waals surface area contributed by atoms with Crippen molar-refractivity contribution in [3.8, 4) is 5.75 Å². The van der Waals surface area contributed by atoms with Gasteiger partial charge in [-0.3, -0.25) is 0 Å². The van der Waals surface area contributed by atoms with Gasteiger partial charge in [-0.25, -0.2) is 0 Å². The third-order valence-electron chi connectivity index (χ3n) is 8.27. The van der Waals surface area contributed by atoms with Crippen molar-refractivity contribution in [1.29, 1.82) is 0 Å². The van der Waals surface area contributed by atoms with Gasteiger partial charge in [0.15, 0.2) is 0 Å². The molecule has 36 heavy (non-hydrogen) atoms. The molecule has 0 amide bonds. The van der Waals surface area contributed by atoms with Crippen LogP contribution in [0, 0.1) is 0 Å². The molecule has 4 rings (SSSR count). The fourth-order valence-electron chi connectivity index (χ4n) is 6.14. The van der Waals surface area contributed by atoms with Crippen molar-refractivity contribution in [3.63, 3.8) is 0 Å². The Kier molecular flexibility index (Phi) is 8.51. The zero-order valence-corrected chi connectivity index (χ0v) is 24.6. The predicted molar refractivity (Wildman–Crippen MR) is 153 cm³/mol. The van der Waals surface area contributed by atoms with E-state index in [4.69, 9.17) is 16.8 Å². The molecule has 0 radical (unpaired) electrons. The van der Waals surface area contributed by atoms with Crippen LogP contribution in [-0.2, 0) is 10.1 Å². The zero-order valence-electron chi connectivity index (χ0n) is 22.9. The minimum absolute atomic E-state index is 0.0671. The maximum atomic E-state index is 14.0. The van der Waals surface area contributed by atoms with Crippen molar-refractivity contribution in [2.24, 2.45) is 0 Å². The summed E-state index contributed by atoms with van der Waals surface area (Å²) in [6.45, 7) is 12.6. The molecule has 198 valence electrons. The Balaban J connectivity index is 1.83. The Morgan fingerprint density at radius 2 is 1.14 bits per heavy atom. The molecule has 0 atom stereocenters. The number of benzene rings is 2. The second kappa shape index (κ2) is 11.1. The van der Waals surface area contributed by atoms with E-state index in [9.17, 15) is 8.42 Å². The normalized spacial score (nSPS) is 17.7. The highest BCUT2D eigenvalue weighted by molar-refractivity contribution is 7.87. The number of thiol groups is 1. The van der Waals surface area contributed by atoms with E-state index in [0.29, 0.717) is 28.4 Å². The minimum atomic E-state index is -4.03. The fraction of sp³-hybridized carbons (Fsp3) is 0.613. The molecule has 0 aromatic heterocycles. The molecule has 0 aliphatic heterocycles. The summed E-state index contributed by atoms with van der Waals surface area (Å²) in [4.78, 5) is 1.42. The first-order valence-corrected chi connectivity index (χ1v) is 15.8. The fourth-order valence-corrected chi connectivity index (χ4v) is 8.24. The summed E-state index contributed by atoms with van der Waals surface area (Å²) in [7, 11) is -4.03. The summed E-state index contributed by atoms with van der Waals surface area (Å²) in [5.74, 6) is 1.78. The van der Waals surface area contributed by atoms with Crippen LogP contribution in [0.1, 0.15) is 150 Å². The topological polar surface area (TPSA) is 43.4 Å². The summed E-state index contributed by atoms with van der Waals surface area (Å²) in [5.41, 5.74) is 5.22. The Labute approximate surface area is 225 Å². The van der Waals surface area contributed by atoms with E-state index in [1.807, 2.05) is 12.1 Å². The summed E-state index contributed by atoms with van der Waals surface area (Å²) in [5, 5.41) is 0. The van der Waals surface area contributed by atoms with Crippen LogP contribution in [-0.4, -0.2) is 8.42 Å². The average Bonchev–Trinajstić information content (AvgIpc) is 3.53. The monoisotopic (exact) mass is 528 g/mol. The molecule has 0 unspecified atom stereocenters. The second-order valence-corrected chi connectivity index (χ2v) is 13.9. The van der Waals surface area contributed by atoms with Gasteiger partial charge in [-0.1, -0.05) is 79.4 Å². The van der Waals surface area contributed by atoms with Crippen LogP contribution in [0.25, 0.3) is 0 Å². The molecule has 2 saturated carbocycles. The Morgan fingerprint density at radius 1 is 0.722 bits per heavy atom. The summed E-state index contributed by atoms with van der Waals surface area (Å²) in [6.07, 6.45) is 9.43. The lowest BCUT2D eigenvalue weighted by atomic mass is 9.89. The molecule has 0 bridgehead atoms. The molecule has 0 heterocycles. The summed E-state index contributed by atoms with van der Waals surface area (Å²) in [6, 6.07) is 8.09. The first-order chi connectivity index (χ1) is 17.0. The molecule has 2 aliphatic rings. The van der Waals surface area contributed by atoms with Gasteiger partial charge in [-0.05, 0) is 95.2 Å². The largest absolute Gasteiger partial charge is 0.379 e. The van der Waals surface area contributed by atoms with Crippen LogP contribution >= 0.6 is 12.6 Å². The van der Waals surface area contributed by atoms with Crippen LogP contribution in [0.2, 0.25) is 0 Å². The van der Waals surface area contributed by atoms with Crippen LogP contribution in [0.15, 0.2) is 34.1 Å². The van der Waals surface area contributed by atoms with E-state index in [2.05, 4.69) is 53.7 Å². The maximum Gasteiger partial charge on any atom is 0.339 e. The van der Waals surface area contributed by atoms with Gasteiger partial charge >= 0.3 is 10.1 Å². The van der Waals surface area contributed by atoms with Crippen molar-refractivity contribution in [2.75, 3.05) is 0 Å². The molecule has 3 nitrogen and oxygen atoms in total. The molecule has 2 aliphatic carbocycles. The first-order valence-electron chi connectivity index (χ1n) is 14.0. The van der Waals surface area contributed by atoms with E-state index >= 15 is 0 Å². The maximum absolute atomic E-state index is 14.0. The van der Waals surface area contributed by atoms with Crippen LogP contribution in [0.3, 0.4) is 0 Å². The van der Waals surface area contributed by atoms with Crippen LogP contribution in [0.4, 0.5) is 0 Å². The predicted octanol–water partition coefficient (Wildman–Crippen LogP) is 9.43. The SMILES string of the molecule is CC(C)c1cc(C(C)C)c(S(=O)(=O)Oc2cc(C3CCCC3)c(S)c(C3CCCC3)c2)c(C(C)C)c1. The lowest BCUT2D eigenvalue weighted by molar-refractivity contribution is 0.480. The highest BCUT2D eigenvalue weighted by atomic mass is 32.2. The second-order valence-electron chi connectivity index (χ2n) is 11.9. The van der Waals surface area contributed by atoms with Gasteiger partial charge < -0.3 is 4.18 Å². The van der Waals surface area contributed by atoms with Gasteiger partial charge in [0.05, 0.1) is 0 Å². The summed E-state index contributed by atoms with van der Waals surface area (Å²) < 4.78 is 34.1. The Hall–Kier alpha value is -1.46. The van der Waals surface area contributed by atoms with Crippen LogP contribution < -0.4 is 4.18 Å². The Morgan fingerprint density at radius 3 is 1.50 bits per heavy atom. The quantitative estimate of drug-likeness (QED) is 0.274. The third kappa shape index (κ3) is 5.67. The van der Waals surface area contributed by atoms with Gasteiger partial charge in [0.1, 0.15) is 10.6 Å². The van der Waals surface area contributed by atoms with E-state index in [0.717, 1.165) is 41.7 Å². The van der Waals surface area contributed by atoms with Crippen molar-refractivity contribution >= 4 is 22.7 Å². The number of rotatable bonds is 8. The molecule has 0 spiro atoms. The van der Waals surface area contributed by atoms with Crippen molar-refractivity contribution in [3.05, 3.63) is 52.1 Å². The number of hydrogen-bond donors (Lipinski definition) is 1. The van der Waals surface area contributed by atoms with Gasteiger partial charge in [-0.2, -0.15) is 8.42 Å². The van der Waals surface area contributed by atoms with E-state index in [1.165, 1.54) is 42.4 Å². The molecular formula is C31H44O3S2. The van der Waals surface area contributed by atoms with E-state index in [1.54, 1.807) is 0 Å². The standard InChI is InChI=1S/C31H44O3S2/c1-19(2)24-15-26(20(3)4)31(27(16-24)21(5)6)36(32,33)34-25-17-28(22-11-7-8-12-22)30(35)29(18-25)23-13-9-10-14-23/h15-23,35H,7-14H2,1-6H3.